The van der Waals surface area contributed by atoms with Crippen molar-refractivity contribution in [2.45, 2.75) is 25.1 Å². The van der Waals surface area contributed by atoms with Crippen LogP contribution >= 0.6 is 0 Å². The van der Waals surface area contributed by atoms with Gasteiger partial charge in [0, 0.05) is 37.9 Å². The lowest BCUT2D eigenvalue weighted by Gasteiger charge is -2.35. The van der Waals surface area contributed by atoms with E-state index in [2.05, 4.69) is 17.9 Å². The number of amides is 1. The van der Waals surface area contributed by atoms with Crippen LogP contribution in [0.1, 0.15) is 18.1 Å². The molecular formula is C22H27N3O3S. The zero-order valence-corrected chi connectivity index (χ0v) is 17.5. The highest BCUT2D eigenvalue weighted by Crippen LogP contribution is 2.31. The maximum atomic E-state index is 13.0. The van der Waals surface area contributed by atoms with Crippen LogP contribution < -0.4 is 4.90 Å². The van der Waals surface area contributed by atoms with Gasteiger partial charge in [-0.15, -0.1) is 0 Å². The van der Waals surface area contributed by atoms with Crippen molar-refractivity contribution in [1.82, 2.24) is 9.21 Å². The Balaban J connectivity index is 1.34. The number of hydrogen-bond donors (Lipinski definition) is 0. The predicted molar refractivity (Wildman–Crippen MR) is 114 cm³/mol. The first-order valence-electron chi connectivity index (χ1n) is 10.1. The topological polar surface area (TPSA) is 60.9 Å². The van der Waals surface area contributed by atoms with E-state index in [1.165, 1.54) is 5.56 Å². The van der Waals surface area contributed by atoms with Crippen LogP contribution in [0, 0.1) is 0 Å². The number of sulfonamides is 1. The summed E-state index contributed by atoms with van der Waals surface area (Å²) in [5, 5.41) is 0. The number of piperazine rings is 1. The molecule has 29 heavy (non-hydrogen) atoms. The van der Waals surface area contributed by atoms with Crippen LogP contribution in [0.25, 0.3) is 0 Å². The molecule has 4 rings (SSSR count). The highest BCUT2D eigenvalue weighted by molar-refractivity contribution is 7.88. The molecule has 7 heteroatoms. The number of carbonyl (C=O) groups is 1. The molecule has 1 atom stereocenters. The molecule has 0 N–H and O–H groups in total. The van der Waals surface area contributed by atoms with E-state index < -0.39 is 10.0 Å². The summed E-state index contributed by atoms with van der Waals surface area (Å²) in [6.45, 7) is 4.40. The Hall–Kier alpha value is -2.22. The molecule has 0 aliphatic carbocycles. The number of benzene rings is 2. The average molecular weight is 414 g/mol. The molecule has 1 saturated heterocycles. The number of nitrogens with zero attached hydrogens (tertiary/aromatic N) is 3. The third kappa shape index (κ3) is 4.37. The fraction of sp³-hybridized carbons (Fsp3) is 0.409. The standard InChI is InChI=1S/C22H27N3O3S/c1-18-15-20-9-5-6-10-21(20)25(18)22(26)16-23-11-13-24(14-12-23)29(27,28)17-19-7-3-2-4-8-19/h2-10,18H,11-17H2,1H3/t18-/m0/s1. The van der Waals surface area contributed by atoms with Crippen molar-refractivity contribution in [2.75, 3.05) is 37.6 Å². The van der Waals surface area contributed by atoms with E-state index in [9.17, 15) is 13.2 Å². The zero-order valence-electron chi connectivity index (χ0n) is 16.7. The van der Waals surface area contributed by atoms with E-state index in [1.807, 2.05) is 53.4 Å². The predicted octanol–water partition coefficient (Wildman–Crippen LogP) is 2.11. The molecule has 2 aliphatic rings. The quantitative estimate of drug-likeness (QED) is 0.753. The molecule has 2 heterocycles. The average Bonchev–Trinajstić information content (AvgIpc) is 3.04. The molecule has 0 bridgehead atoms. The van der Waals surface area contributed by atoms with Gasteiger partial charge < -0.3 is 4.90 Å². The monoisotopic (exact) mass is 413 g/mol. The van der Waals surface area contributed by atoms with Gasteiger partial charge in [0.05, 0.1) is 12.3 Å². The second kappa shape index (κ2) is 8.26. The summed E-state index contributed by atoms with van der Waals surface area (Å²) in [5.41, 5.74) is 3.02. The van der Waals surface area contributed by atoms with Crippen LogP contribution in [-0.4, -0.2) is 62.3 Å². The van der Waals surface area contributed by atoms with Crippen LogP contribution in [0.3, 0.4) is 0 Å². The van der Waals surface area contributed by atoms with E-state index in [0.717, 1.165) is 17.7 Å². The Labute approximate surface area is 172 Å². The summed E-state index contributed by atoms with van der Waals surface area (Å²) < 4.78 is 27.0. The summed E-state index contributed by atoms with van der Waals surface area (Å²) in [6.07, 6.45) is 0.882. The van der Waals surface area contributed by atoms with Crippen molar-refractivity contribution >= 4 is 21.6 Å². The minimum absolute atomic E-state index is 0.0227. The SMILES string of the molecule is C[C@H]1Cc2ccccc2N1C(=O)CN1CCN(S(=O)(=O)Cc2ccccc2)CC1. The number of anilines is 1. The number of para-hydroxylation sites is 1. The lowest BCUT2D eigenvalue weighted by atomic mass is 10.1. The zero-order chi connectivity index (χ0) is 20.4. The smallest absolute Gasteiger partial charge is 0.241 e. The van der Waals surface area contributed by atoms with Gasteiger partial charge in [0.25, 0.3) is 0 Å². The molecule has 2 aromatic rings. The third-order valence-electron chi connectivity index (χ3n) is 5.75. The molecule has 0 radical (unpaired) electrons. The van der Waals surface area contributed by atoms with Crippen molar-refractivity contribution in [3.05, 3.63) is 65.7 Å². The first-order chi connectivity index (χ1) is 13.9. The fourth-order valence-electron chi connectivity index (χ4n) is 4.26. The molecule has 0 unspecified atom stereocenters. The summed E-state index contributed by atoms with van der Waals surface area (Å²) >= 11 is 0. The van der Waals surface area contributed by atoms with Crippen molar-refractivity contribution in [2.24, 2.45) is 0 Å². The maximum absolute atomic E-state index is 13.0. The van der Waals surface area contributed by atoms with Crippen LogP contribution in [0.5, 0.6) is 0 Å². The highest BCUT2D eigenvalue weighted by Gasteiger charge is 2.33. The van der Waals surface area contributed by atoms with Crippen LogP contribution in [0.15, 0.2) is 54.6 Å². The molecule has 2 aromatic carbocycles. The van der Waals surface area contributed by atoms with Crippen LogP contribution in [0.2, 0.25) is 0 Å². The van der Waals surface area contributed by atoms with Gasteiger partial charge in [-0.3, -0.25) is 9.69 Å². The second-order valence-corrected chi connectivity index (χ2v) is 9.83. The van der Waals surface area contributed by atoms with Crippen molar-refractivity contribution in [3.8, 4) is 0 Å². The normalized spacial score (nSPS) is 20.6. The van der Waals surface area contributed by atoms with Crippen molar-refractivity contribution in [3.63, 3.8) is 0 Å². The fourth-order valence-corrected chi connectivity index (χ4v) is 5.77. The van der Waals surface area contributed by atoms with Gasteiger partial charge >= 0.3 is 0 Å². The van der Waals surface area contributed by atoms with Crippen LogP contribution in [0.4, 0.5) is 5.69 Å². The lowest BCUT2D eigenvalue weighted by molar-refractivity contribution is -0.120. The minimum Gasteiger partial charge on any atom is -0.308 e. The summed E-state index contributed by atoms with van der Waals surface area (Å²) in [6, 6.07) is 17.5. The van der Waals surface area contributed by atoms with Crippen LogP contribution in [-0.2, 0) is 27.0 Å². The molecule has 0 aromatic heterocycles. The molecule has 0 saturated carbocycles. The summed E-state index contributed by atoms with van der Waals surface area (Å²) in [5.74, 6) is 0.109. The van der Waals surface area contributed by atoms with Gasteiger partial charge in [-0.2, -0.15) is 4.31 Å². The Morgan fingerprint density at radius 3 is 2.34 bits per heavy atom. The first kappa shape index (κ1) is 20.1. The van der Waals surface area contributed by atoms with Gasteiger partial charge in [0.1, 0.15) is 0 Å². The number of carbonyl (C=O) groups excluding carboxylic acids is 1. The van der Waals surface area contributed by atoms with Crippen molar-refractivity contribution in [1.29, 1.82) is 0 Å². The molecular weight excluding hydrogens is 386 g/mol. The van der Waals surface area contributed by atoms with Gasteiger partial charge in [0.15, 0.2) is 0 Å². The molecule has 154 valence electrons. The van der Waals surface area contributed by atoms with Gasteiger partial charge in [-0.1, -0.05) is 48.5 Å². The Bertz CT molecular complexity index is 970. The summed E-state index contributed by atoms with van der Waals surface area (Å²) in [4.78, 5) is 16.9. The number of fused-ring (bicyclic) bond motifs is 1. The highest BCUT2D eigenvalue weighted by atomic mass is 32.2. The van der Waals surface area contributed by atoms with Gasteiger partial charge in [0.2, 0.25) is 15.9 Å². The Kier molecular flexibility index (Phi) is 5.72. The van der Waals surface area contributed by atoms with E-state index in [1.54, 1.807) is 4.31 Å². The van der Waals surface area contributed by atoms with Gasteiger partial charge in [-0.25, -0.2) is 8.42 Å². The largest absolute Gasteiger partial charge is 0.308 e. The van der Waals surface area contributed by atoms with E-state index >= 15 is 0 Å². The molecule has 1 amide bonds. The third-order valence-corrected chi connectivity index (χ3v) is 7.60. The van der Waals surface area contributed by atoms with Crippen molar-refractivity contribution < 1.29 is 13.2 Å². The molecule has 0 spiro atoms. The lowest BCUT2D eigenvalue weighted by Crippen LogP contribution is -2.52. The molecule has 1 fully saturated rings. The Morgan fingerprint density at radius 1 is 0.966 bits per heavy atom. The first-order valence-corrected chi connectivity index (χ1v) is 11.7. The Morgan fingerprint density at radius 2 is 1.62 bits per heavy atom. The second-order valence-electron chi connectivity index (χ2n) is 7.86. The van der Waals surface area contributed by atoms with E-state index in [4.69, 9.17) is 0 Å². The molecule has 6 nitrogen and oxygen atoms in total. The summed E-state index contributed by atoms with van der Waals surface area (Å²) in [7, 11) is -3.34. The van der Waals surface area contributed by atoms with E-state index in [-0.39, 0.29) is 17.7 Å². The number of hydrogen-bond acceptors (Lipinski definition) is 4. The molecule has 2 aliphatic heterocycles. The minimum atomic E-state index is -3.34. The van der Waals surface area contributed by atoms with Gasteiger partial charge in [-0.05, 0) is 30.5 Å². The maximum Gasteiger partial charge on any atom is 0.241 e. The number of rotatable bonds is 5. The van der Waals surface area contributed by atoms with E-state index in [0.29, 0.717) is 32.7 Å².